The number of carboxylic acid groups (broad SMARTS) is 1. The number of nitrogens with zero attached hydrogens (tertiary/aromatic N) is 6. The van der Waals surface area contributed by atoms with Gasteiger partial charge in [-0.25, -0.2) is 23.2 Å². The molecule has 0 radical (unpaired) electrons. The van der Waals surface area contributed by atoms with Crippen LogP contribution in [0.25, 0.3) is 17.1 Å². The van der Waals surface area contributed by atoms with Gasteiger partial charge >= 0.3 is 12.1 Å². The monoisotopic (exact) mass is 653 g/mol. The summed E-state index contributed by atoms with van der Waals surface area (Å²) in [6.07, 6.45) is 1.25. The van der Waals surface area contributed by atoms with Gasteiger partial charge in [-0.1, -0.05) is 13.0 Å². The van der Waals surface area contributed by atoms with Crippen molar-refractivity contribution in [2.45, 2.75) is 38.1 Å². The Morgan fingerprint density at radius 2 is 1.56 bits per heavy atom. The summed E-state index contributed by atoms with van der Waals surface area (Å²) in [5, 5.41) is 14.7. The Balaban J connectivity index is 0.000000707. The normalized spacial score (nSPS) is 12.7. The molecule has 4 rings (SSSR count). The molecule has 0 saturated carbocycles. The van der Waals surface area contributed by atoms with Crippen LogP contribution >= 0.6 is 0 Å². The van der Waals surface area contributed by atoms with Gasteiger partial charge in [-0.05, 0) is 37.6 Å². The number of carbonyl (C=O) groups is 1. The van der Waals surface area contributed by atoms with E-state index in [9.17, 15) is 21.6 Å². The number of halogens is 3. The van der Waals surface area contributed by atoms with E-state index in [1.54, 1.807) is 49.0 Å². The number of alkyl halides is 3. The third-order valence-electron chi connectivity index (χ3n) is 6.38. The van der Waals surface area contributed by atoms with Gasteiger partial charge in [-0.15, -0.1) is 10.2 Å². The lowest BCUT2D eigenvalue weighted by Crippen LogP contribution is -2.31. The van der Waals surface area contributed by atoms with E-state index in [1.807, 2.05) is 13.0 Å². The topological polar surface area (TPSA) is 181 Å². The minimum atomic E-state index is -5.08. The molecule has 0 aliphatic carbocycles. The minimum absolute atomic E-state index is 0.0426. The number of pyridine rings is 1. The summed E-state index contributed by atoms with van der Waals surface area (Å²) in [4.78, 5) is 21.7. The number of para-hydroxylation sites is 1. The number of nitrogens with one attached hydrogen (secondary N) is 1. The van der Waals surface area contributed by atoms with Crippen LogP contribution in [0, 0.1) is 6.92 Å². The molecule has 0 bridgehead atoms. The van der Waals surface area contributed by atoms with Crippen molar-refractivity contribution in [2.24, 2.45) is 0 Å². The first kappa shape index (κ1) is 34.5. The third kappa shape index (κ3) is 8.14. The molecule has 1 aromatic carbocycles. The Morgan fingerprint density at radius 3 is 2.04 bits per heavy atom. The van der Waals surface area contributed by atoms with E-state index < -0.39 is 33.3 Å². The lowest BCUT2D eigenvalue weighted by atomic mass is 10.1. The van der Waals surface area contributed by atoms with Crippen LogP contribution in [0.15, 0.2) is 49.1 Å². The first-order chi connectivity index (χ1) is 21.1. The Bertz CT molecular complexity index is 1710. The smallest absolute Gasteiger partial charge is 0.490 e. The first-order valence-electron chi connectivity index (χ1n) is 12.9. The van der Waals surface area contributed by atoms with Gasteiger partial charge in [-0.3, -0.25) is 14.3 Å². The zero-order valence-electron chi connectivity index (χ0n) is 24.9. The lowest BCUT2D eigenvalue weighted by molar-refractivity contribution is -0.192. The van der Waals surface area contributed by atoms with Gasteiger partial charge in [0.15, 0.2) is 11.6 Å². The van der Waals surface area contributed by atoms with Crippen LogP contribution in [0.5, 0.6) is 17.2 Å². The van der Waals surface area contributed by atoms with Gasteiger partial charge in [0.05, 0.1) is 39.0 Å². The molecule has 14 nitrogen and oxygen atoms in total. The second-order valence-corrected chi connectivity index (χ2v) is 11.4. The summed E-state index contributed by atoms with van der Waals surface area (Å²) >= 11 is 0. The number of aromatic nitrogens is 6. The molecule has 45 heavy (non-hydrogen) atoms. The number of benzene rings is 1. The van der Waals surface area contributed by atoms with Crippen molar-refractivity contribution in [3.05, 3.63) is 60.4 Å². The number of hydrogen-bond donors (Lipinski definition) is 2. The largest absolute Gasteiger partial charge is 0.494 e. The van der Waals surface area contributed by atoms with Crippen LogP contribution in [0.2, 0.25) is 0 Å². The molecule has 3 aromatic heterocycles. The number of carboxylic acids is 1. The van der Waals surface area contributed by atoms with E-state index >= 15 is 0 Å². The molecule has 0 amide bonds. The highest BCUT2D eigenvalue weighted by Crippen LogP contribution is 2.38. The van der Waals surface area contributed by atoms with Crippen LogP contribution < -0.4 is 18.9 Å². The summed E-state index contributed by atoms with van der Waals surface area (Å²) in [6.45, 7) is 5.22. The predicted octanol–water partition coefficient (Wildman–Crippen LogP) is 4.02. The van der Waals surface area contributed by atoms with Crippen molar-refractivity contribution in [3.8, 4) is 34.3 Å². The maximum Gasteiger partial charge on any atom is 0.490 e. The summed E-state index contributed by atoms with van der Waals surface area (Å²) < 4.78 is 79.4. The summed E-state index contributed by atoms with van der Waals surface area (Å²) in [5.41, 5.74) is 1.95. The number of ether oxygens (including phenoxy) is 3. The van der Waals surface area contributed by atoms with E-state index in [0.29, 0.717) is 40.1 Å². The summed E-state index contributed by atoms with van der Waals surface area (Å²) in [7, 11) is 0.528. The van der Waals surface area contributed by atoms with E-state index in [4.69, 9.17) is 24.1 Å². The van der Waals surface area contributed by atoms with Crippen LogP contribution in [0.1, 0.15) is 31.2 Å². The van der Waals surface area contributed by atoms with Gasteiger partial charge in [0, 0.05) is 23.9 Å². The zero-order chi connectivity index (χ0) is 33.5. The fourth-order valence-electron chi connectivity index (χ4n) is 3.84. The lowest BCUT2D eigenvalue weighted by Gasteiger charge is -2.21. The van der Waals surface area contributed by atoms with Gasteiger partial charge in [0.1, 0.15) is 23.0 Å². The third-order valence-corrected chi connectivity index (χ3v) is 8.24. The van der Waals surface area contributed by atoms with E-state index in [0.717, 1.165) is 5.56 Å². The molecule has 0 unspecified atom stereocenters. The highest BCUT2D eigenvalue weighted by atomic mass is 32.2. The molecule has 4 aromatic rings. The Hall–Kier alpha value is -5.00. The Labute approximate surface area is 256 Å². The van der Waals surface area contributed by atoms with Crippen molar-refractivity contribution in [1.82, 2.24) is 29.7 Å². The molecule has 2 N–H and O–H groups in total. The first-order valence-corrected chi connectivity index (χ1v) is 14.5. The van der Waals surface area contributed by atoms with Crippen LogP contribution in [-0.2, 0) is 14.8 Å². The maximum absolute atomic E-state index is 13.6. The average Bonchev–Trinajstić information content (AvgIpc) is 3.41. The van der Waals surface area contributed by atoms with Gasteiger partial charge in [0.2, 0.25) is 16.0 Å². The molecule has 0 aliphatic rings. The fraction of sp³-hybridized carbons (Fsp3) is 0.333. The second-order valence-electron chi connectivity index (χ2n) is 9.37. The molecule has 0 fully saturated rings. The average molecular weight is 654 g/mol. The highest BCUT2D eigenvalue weighted by molar-refractivity contribution is 7.93. The molecule has 3 heterocycles. The van der Waals surface area contributed by atoms with Crippen LogP contribution in [0.4, 0.5) is 19.1 Å². The fourth-order valence-corrected chi connectivity index (χ4v) is 5.08. The van der Waals surface area contributed by atoms with Crippen molar-refractivity contribution < 1.29 is 45.7 Å². The SMILES string of the molecule is COc1cnc([C@@H](C)[C@H](C)S(=O)(=O)Nc2nnc(-c3cncc(C)c3)n2-c2c(OC)cccc2OC)nc1.O=C(O)C(F)(F)F. The van der Waals surface area contributed by atoms with E-state index in [1.165, 1.54) is 33.7 Å². The second kappa shape index (κ2) is 14.2. The Kier molecular flexibility index (Phi) is 10.9. The molecular weight excluding hydrogens is 623 g/mol. The molecule has 2 atom stereocenters. The Morgan fingerprint density at radius 1 is 0.978 bits per heavy atom. The molecule has 0 spiro atoms. The minimum Gasteiger partial charge on any atom is -0.494 e. The van der Waals surface area contributed by atoms with Gasteiger partial charge in [-0.2, -0.15) is 13.2 Å². The van der Waals surface area contributed by atoms with Crippen molar-refractivity contribution >= 4 is 21.9 Å². The number of methoxy groups -OCH3 is 3. The molecular formula is C27H30F3N7O7S. The van der Waals surface area contributed by atoms with E-state index in [2.05, 4.69) is 29.9 Å². The molecule has 0 aliphatic heterocycles. The van der Waals surface area contributed by atoms with Gasteiger partial charge in [0.25, 0.3) is 0 Å². The quantitative estimate of drug-likeness (QED) is 0.251. The number of aliphatic carboxylic acids is 1. The highest BCUT2D eigenvalue weighted by Gasteiger charge is 2.38. The molecule has 18 heteroatoms. The number of hydrogen-bond acceptors (Lipinski definition) is 11. The van der Waals surface area contributed by atoms with Crippen LogP contribution in [-0.4, -0.2) is 82.0 Å². The van der Waals surface area contributed by atoms with E-state index in [-0.39, 0.29) is 5.95 Å². The van der Waals surface area contributed by atoms with Crippen molar-refractivity contribution in [1.29, 1.82) is 0 Å². The van der Waals surface area contributed by atoms with Crippen molar-refractivity contribution in [3.63, 3.8) is 0 Å². The number of sulfonamides is 1. The molecule has 242 valence electrons. The van der Waals surface area contributed by atoms with Gasteiger partial charge < -0.3 is 19.3 Å². The van der Waals surface area contributed by atoms with Crippen molar-refractivity contribution in [2.75, 3.05) is 26.1 Å². The summed E-state index contributed by atoms with van der Waals surface area (Å²) in [6, 6.07) is 7.11. The van der Waals surface area contributed by atoms with Crippen LogP contribution in [0.3, 0.4) is 0 Å². The number of aryl methyl sites for hydroxylation is 1. The number of anilines is 1. The predicted molar refractivity (Wildman–Crippen MR) is 155 cm³/mol. The zero-order valence-corrected chi connectivity index (χ0v) is 25.7. The number of rotatable bonds is 10. The summed E-state index contributed by atoms with van der Waals surface area (Å²) in [5.74, 6) is -1.29. The molecule has 0 saturated heterocycles. The standard InChI is InChI=1S/C25H29N7O5S.C2HF3O2/c1-15-10-18(12-26-11-15)24-29-30-25(32(24)22-20(36-5)8-7-9-21(22)37-6)31-38(33,34)17(3)16(2)23-27-13-19(35-4)14-28-23;3-2(4,5)1(6)7/h7-14,16-17H,1-6H3,(H,30,31);(H,6,7)/t16-,17-;/m0./s1. The maximum atomic E-state index is 13.6.